The van der Waals surface area contributed by atoms with Crippen LogP contribution < -0.4 is 10.2 Å². The van der Waals surface area contributed by atoms with Gasteiger partial charge in [0, 0.05) is 25.3 Å². The Morgan fingerprint density at radius 2 is 1.95 bits per heavy atom. The predicted octanol–water partition coefficient (Wildman–Crippen LogP) is 1.37. The standard InChI is InChI=1S/C14H19N3O2/c1-3-15-13(18)10-16-8-9-17(14(16)19)12-6-4-11(2)5-7-12/h4-7H,3,8-10H2,1-2H3,(H,15,18). The topological polar surface area (TPSA) is 52.7 Å². The minimum atomic E-state index is -0.110. The molecule has 0 atom stereocenters. The average Bonchev–Trinajstić information content (AvgIpc) is 2.73. The summed E-state index contributed by atoms with van der Waals surface area (Å²) in [7, 11) is 0. The molecule has 1 aromatic rings. The van der Waals surface area contributed by atoms with Crippen LogP contribution in [0.5, 0.6) is 0 Å². The first-order chi connectivity index (χ1) is 9.11. The zero-order chi connectivity index (χ0) is 13.8. The second-order valence-electron chi connectivity index (χ2n) is 4.64. The van der Waals surface area contributed by atoms with Crippen LogP contribution in [0.1, 0.15) is 12.5 Å². The second-order valence-corrected chi connectivity index (χ2v) is 4.64. The van der Waals surface area contributed by atoms with E-state index in [1.807, 2.05) is 38.1 Å². The fraction of sp³-hybridized carbons (Fsp3) is 0.429. The average molecular weight is 261 g/mol. The first-order valence-corrected chi connectivity index (χ1v) is 6.51. The molecule has 19 heavy (non-hydrogen) atoms. The summed E-state index contributed by atoms with van der Waals surface area (Å²) in [5, 5.41) is 2.70. The lowest BCUT2D eigenvalue weighted by Crippen LogP contribution is -2.39. The summed E-state index contributed by atoms with van der Waals surface area (Å²) >= 11 is 0. The van der Waals surface area contributed by atoms with E-state index in [9.17, 15) is 9.59 Å². The largest absolute Gasteiger partial charge is 0.355 e. The molecule has 1 aromatic carbocycles. The molecule has 1 heterocycles. The highest BCUT2D eigenvalue weighted by Crippen LogP contribution is 2.20. The molecule has 1 fully saturated rings. The quantitative estimate of drug-likeness (QED) is 0.890. The van der Waals surface area contributed by atoms with Gasteiger partial charge in [-0.25, -0.2) is 4.79 Å². The number of nitrogens with one attached hydrogen (secondary N) is 1. The van der Waals surface area contributed by atoms with Gasteiger partial charge in [-0.2, -0.15) is 0 Å². The summed E-state index contributed by atoms with van der Waals surface area (Å²) in [6, 6.07) is 7.73. The van der Waals surface area contributed by atoms with Crippen LogP contribution in [0, 0.1) is 6.92 Å². The predicted molar refractivity (Wildman–Crippen MR) is 74.2 cm³/mol. The molecule has 1 N–H and O–H groups in total. The van der Waals surface area contributed by atoms with Crippen LogP contribution in [0.2, 0.25) is 0 Å². The Labute approximate surface area is 113 Å². The molecule has 0 radical (unpaired) electrons. The van der Waals surface area contributed by atoms with Gasteiger partial charge in [0.05, 0.1) is 0 Å². The normalized spacial score (nSPS) is 14.9. The van der Waals surface area contributed by atoms with Crippen molar-refractivity contribution in [3.8, 4) is 0 Å². The zero-order valence-corrected chi connectivity index (χ0v) is 11.3. The number of anilines is 1. The van der Waals surface area contributed by atoms with E-state index in [0.717, 1.165) is 11.3 Å². The van der Waals surface area contributed by atoms with Crippen molar-refractivity contribution >= 4 is 17.6 Å². The van der Waals surface area contributed by atoms with Gasteiger partial charge in [0.2, 0.25) is 5.91 Å². The molecule has 1 aliphatic rings. The Balaban J connectivity index is 2.01. The highest BCUT2D eigenvalue weighted by atomic mass is 16.2. The third-order valence-corrected chi connectivity index (χ3v) is 3.15. The molecular weight excluding hydrogens is 242 g/mol. The van der Waals surface area contributed by atoms with Crippen LogP contribution in [0.4, 0.5) is 10.5 Å². The van der Waals surface area contributed by atoms with Crippen molar-refractivity contribution in [1.82, 2.24) is 10.2 Å². The summed E-state index contributed by atoms with van der Waals surface area (Å²) in [6.07, 6.45) is 0. The van der Waals surface area contributed by atoms with Gasteiger partial charge >= 0.3 is 6.03 Å². The molecule has 0 aromatic heterocycles. The molecule has 2 rings (SSSR count). The van der Waals surface area contributed by atoms with E-state index in [1.54, 1.807) is 9.80 Å². The first kappa shape index (κ1) is 13.4. The number of urea groups is 1. The number of carbonyl (C=O) groups excluding carboxylic acids is 2. The molecule has 5 nitrogen and oxygen atoms in total. The molecule has 0 bridgehead atoms. The molecule has 0 saturated carbocycles. The number of amides is 3. The molecule has 1 aliphatic heterocycles. The van der Waals surface area contributed by atoms with Crippen LogP contribution in [-0.4, -0.2) is 43.0 Å². The fourth-order valence-corrected chi connectivity index (χ4v) is 2.12. The van der Waals surface area contributed by atoms with Gasteiger partial charge in [-0.15, -0.1) is 0 Å². The van der Waals surface area contributed by atoms with Crippen molar-refractivity contribution < 1.29 is 9.59 Å². The van der Waals surface area contributed by atoms with Gasteiger partial charge in [0.15, 0.2) is 0 Å². The van der Waals surface area contributed by atoms with Gasteiger partial charge in [0.1, 0.15) is 6.54 Å². The fourth-order valence-electron chi connectivity index (χ4n) is 2.12. The Morgan fingerprint density at radius 3 is 2.58 bits per heavy atom. The number of carbonyl (C=O) groups is 2. The minimum Gasteiger partial charge on any atom is -0.355 e. The molecule has 0 unspecified atom stereocenters. The Hall–Kier alpha value is -2.04. The van der Waals surface area contributed by atoms with E-state index >= 15 is 0 Å². The van der Waals surface area contributed by atoms with E-state index in [-0.39, 0.29) is 18.5 Å². The number of hydrogen-bond acceptors (Lipinski definition) is 2. The lowest BCUT2D eigenvalue weighted by molar-refractivity contribution is -0.121. The minimum absolute atomic E-state index is 0.102. The number of rotatable bonds is 4. The third kappa shape index (κ3) is 3.05. The van der Waals surface area contributed by atoms with Crippen molar-refractivity contribution in [2.24, 2.45) is 0 Å². The van der Waals surface area contributed by atoms with E-state index in [2.05, 4.69) is 5.32 Å². The van der Waals surface area contributed by atoms with E-state index in [1.165, 1.54) is 0 Å². The van der Waals surface area contributed by atoms with Crippen molar-refractivity contribution in [2.45, 2.75) is 13.8 Å². The maximum Gasteiger partial charge on any atom is 0.325 e. The van der Waals surface area contributed by atoms with Crippen LogP contribution in [0.25, 0.3) is 0 Å². The summed E-state index contributed by atoms with van der Waals surface area (Å²) in [5.41, 5.74) is 2.04. The Morgan fingerprint density at radius 1 is 1.26 bits per heavy atom. The van der Waals surface area contributed by atoms with Gasteiger partial charge < -0.3 is 10.2 Å². The van der Waals surface area contributed by atoms with Crippen molar-refractivity contribution in [2.75, 3.05) is 31.1 Å². The van der Waals surface area contributed by atoms with E-state index in [4.69, 9.17) is 0 Å². The number of likely N-dealkylation sites (N-methyl/N-ethyl adjacent to an activating group) is 1. The number of nitrogens with zero attached hydrogens (tertiary/aromatic N) is 2. The maximum absolute atomic E-state index is 12.2. The monoisotopic (exact) mass is 261 g/mol. The van der Waals surface area contributed by atoms with Crippen molar-refractivity contribution in [3.63, 3.8) is 0 Å². The van der Waals surface area contributed by atoms with Crippen LogP contribution in [0.15, 0.2) is 24.3 Å². The number of benzene rings is 1. The van der Waals surface area contributed by atoms with Crippen LogP contribution >= 0.6 is 0 Å². The molecule has 102 valence electrons. The zero-order valence-electron chi connectivity index (χ0n) is 11.3. The summed E-state index contributed by atoms with van der Waals surface area (Å²) in [6.45, 7) is 5.81. The molecule has 3 amide bonds. The first-order valence-electron chi connectivity index (χ1n) is 6.51. The molecular formula is C14H19N3O2. The molecule has 5 heteroatoms. The smallest absolute Gasteiger partial charge is 0.325 e. The van der Waals surface area contributed by atoms with Crippen molar-refractivity contribution in [1.29, 1.82) is 0 Å². The van der Waals surface area contributed by atoms with Gasteiger partial charge in [-0.3, -0.25) is 9.69 Å². The highest BCUT2D eigenvalue weighted by Gasteiger charge is 2.30. The summed E-state index contributed by atoms with van der Waals surface area (Å²) in [4.78, 5) is 27.0. The SMILES string of the molecule is CCNC(=O)CN1CCN(c2ccc(C)cc2)C1=O. The maximum atomic E-state index is 12.2. The molecule has 0 aliphatic carbocycles. The summed E-state index contributed by atoms with van der Waals surface area (Å²) in [5.74, 6) is -0.110. The summed E-state index contributed by atoms with van der Waals surface area (Å²) < 4.78 is 0. The highest BCUT2D eigenvalue weighted by molar-refractivity contribution is 5.96. The van der Waals surface area contributed by atoms with Gasteiger partial charge in [0.25, 0.3) is 0 Å². The van der Waals surface area contributed by atoms with Crippen molar-refractivity contribution in [3.05, 3.63) is 29.8 Å². The molecule has 1 saturated heterocycles. The lowest BCUT2D eigenvalue weighted by atomic mass is 10.2. The van der Waals surface area contributed by atoms with E-state index in [0.29, 0.717) is 19.6 Å². The van der Waals surface area contributed by atoms with E-state index < -0.39 is 0 Å². The van der Waals surface area contributed by atoms with Gasteiger partial charge in [-0.05, 0) is 26.0 Å². The van der Waals surface area contributed by atoms with Gasteiger partial charge in [-0.1, -0.05) is 17.7 Å². The lowest BCUT2D eigenvalue weighted by Gasteiger charge is -2.18. The molecule has 0 spiro atoms. The Kier molecular flexibility index (Phi) is 4.04. The number of aryl methyl sites for hydroxylation is 1. The third-order valence-electron chi connectivity index (χ3n) is 3.15. The number of hydrogen-bond donors (Lipinski definition) is 1. The van der Waals surface area contributed by atoms with Crippen LogP contribution in [-0.2, 0) is 4.79 Å². The van der Waals surface area contributed by atoms with Crippen LogP contribution in [0.3, 0.4) is 0 Å². The Bertz CT molecular complexity index is 470. The second kappa shape index (κ2) is 5.73.